The summed E-state index contributed by atoms with van der Waals surface area (Å²) in [6.07, 6.45) is 1.83. The molecule has 0 spiro atoms. The topological polar surface area (TPSA) is 46.9 Å². The quantitative estimate of drug-likeness (QED) is 0.780. The largest absolute Gasteiger partial charge is 0.352 e. The predicted octanol–water partition coefficient (Wildman–Crippen LogP) is 3.66. The molecule has 0 fully saturated rings. The molecule has 1 N–H and O–H groups in total. The summed E-state index contributed by atoms with van der Waals surface area (Å²) in [5.41, 5.74) is 4.61. The van der Waals surface area contributed by atoms with Crippen LogP contribution in [-0.2, 0) is 6.54 Å². The van der Waals surface area contributed by atoms with Gasteiger partial charge in [-0.2, -0.15) is 5.10 Å². The summed E-state index contributed by atoms with van der Waals surface area (Å²) in [6.45, 7) is 5.19. The minimum Gasteiger partial charge on any atom is -0.352 e. The van der Waals surface area contributed by atoms with Gasteiger partial charge in [0, 0.05) is 18.3 Å². The molecule has 0 radical (unpaired) electrons. The summed E-state index contributed by atoms with van der Waals surface area (Å²) in [7, 11) is 0. The van der Waals surface area contributed by atoms with Crippen molar-refractivity contribution in [2.45, 2.75) is 20.4 Å². The molecule has 0 saturated heterocycles. The number of hydrogen-bond acceptors (Lipinski definition) is 2. The van der Waals surface area contributed by atoms with Crippen LogP contribution in [0.15, 0.2) is 60.8 Å². The maximum absolute atomic E-state index is 12.4. The molecule has 0 aliphatic carbocycles. The summed E-state index contributed by atoms with van der Waals surface area (Å²) in [5, 5.41) is 7.53. The lowest BCUT2D eigenvalue weighted by Crippen LogP contribution is -2.22. The smallest absolute Gasteiger partial charge is 0.255 e. The second-order valence-electron chi connectivity index (χ2n) is 5.80. The van der Waals surface area contributed by atoms with Crippen LogP contribution in [0.1, 0.15) is 28.4 Å². The summed E-state index contributed by atoms with van der Waals surface area (Å²) in [5.74, 6) is -0.0904. The van der Waals surface area contributed by atoms with Crippen LogP contribution in [-0.4, -0.2) is 22.2 Å². The normalized spacial score (nSPS) is 10.6. The Morgan fingerprint density at radius 2 is 1.79 bits per heavy atom. The second-order valence-corrected chi connectivity index (χ2v) is 5.80. The molecule has 2 aromatic carbocycles. The monoisotopic (exact) mass is 319 g/mol. The van der Waals surface area contributed by atoms with E-state index in [1.807, 2.05) is 67.2 Å². The Hall–Kier alpha value is -2.88. The highest BCUT2D eigenvalue weighted by Gasteiger charge is 2.17. The van der Waals surface area contributed by atoms with Crippen LogP contribution < -0.4 is 5.32 Å². The first-order valence-corrected chi connectivity index (χ1v) is 8.14. The zero-order valence-electron chi connectivity index (χ0n) is 14.0. The lowest BCUT2D eigenvalue weighted by Gasteiger charge is -2.03. The number of rotatable bonds is 5. The number of carbonyl (C=O) groups excluding carboxylic acids is 1. The molecule has 0 atom stereocenters. The van der Waals surface area contributed by atoms with Crippen molar-refractivity contribution < 1.29 is 4.79 Å². The number of nitrogens with one attached hydrogen (secondary N) is 1. The van der Waals surface area contributed by atoms with Gasteiger partial charge in [0.2, 0.25) is 0 Å². The van der Waals surface area contributed by atoms with Crippen LogP contribution in [0.4, 0.5) is 0 Å². The third-order valence-corrected chi connectivity index (χ3v) is 3.86. The van der Waals surface area contributed by atoms with Gasteiger partial charge in [0.15, 0.2) is 0 Å². The van der Waals surface area contributed by atoms with Crippen LogP contribution in [0.25, 0.3) is 11.3 Å². The number of aryl methyl sites for hydroxylation is 1. The molecule has 1 heterocycles. The first-order valence-electron chi connectivity index (χ1n) is 8.14. The standard InChI is InChI=1S/C20H21N3O/c1-3-21-20(24)18-14-23(13-16-7-5-4-6-8-16)22-19(18)17-11-9-15(2)10-12-17/h4-12,14H,3,13H2,1-2H3,(H,21,24). The van der Waals surface area contributed by atoms with Gasteiger partial charge in [-0.05, 0) is 19.4 Å². The molecule has 3 aromatic rings. The molecule has 24 heavy (non-hydrogen) atoms. The maximum Gasteiger partial charge on any atom is 0.255 e. The van der Waals surface area contributed by atoms with E-state index >= 15 is 0 Å². The van der Waals surface area contributed by atoms with Crippen LogP contribution >= 0.6 is 0 Å². The summed E-state index contributed by atoms with van der Waals surface area (Å²) < 4.78 is 1.83. The Balaban J connectivity index is 1.99. The first kappa shape index (κ1) is 16.0. The molecule has 0 unspecified atom stereocenters. The third kappa shape index (κ3) is 3.54. The molecular formula is C20H21N3O. The predicted molar refractivity (Wildman–Crippen MR) is 96.0 cm³/mol. The fourth-order valence-corrected chi connectivity index (χ4v) is 2.62. The van der Waals surface area contributed by atoms with Crippen molar-refractivity contribution in [1.82, 2.24) is 15.1 Å². The van der Waals surface area contributed by atoms with Crippen molar-refractivity contribution in [3.8, 4) is 11.3 Å². The average molecular weight is 319 g/mol. The number of hydrogen-bond donors (Lipinski definition) is 1. The SMILES string of the molecule is CCNC(=O)c1cn(Cc2ccccc2)nc1-c1ccc(C)cc1. The van der Waals surface area contributed by atoms with Crippen molar-refractivity contribution in [2.75, 3.05) is 6.54 Å². The van der Waals surface area contributed by atoms with Crippen molar-refractivity contribution in [3.63, 3.8) is 0 Å². The van der Waals surface area contributed by atoms with Gasteiger partial charge in [0.05, 0.1) is 12.1 Å². The minimum atomic E-state index is -0.0904. The number of aromatic nitrogens is 2. The van der Waals surface area contributed by atoms with Gasteiger partial charge in [-0.3, -0.25) is 9.48 Å². The van der Waals surface area contributed by atoms with Crippen LogP contribution in [0.5, 0.6) is 0 Å². The summed E-state index contributed by atoms with van der Waals surface area (Å²) in [6, 6.07) is 18.2. The van der Waals surface area contributed by atoms with Crippen molar-refractivity contribution in [1.29, 1.82) is 0 Å². The summed E-state index contributed by atoms with van der Waals surface area (Å²) >= 11 is 0. The number of nitrogens with zero attached hydrogens (tertiary/aromatic N) is 2. The van der Waals surface area contributed by atoms with Crippen LogP contribution in [0, 0.1) is 6.92 Å². The average Bonchev–Trinajstić information content (AvgIpc) is 3.00. The molecule has 1 aromatic heterocycles. The van der Waals surface area contributed by atoms with Gasteiger partial charge in [0.1, 0.15) is 5.69 Å². The Bertz CT molecular complexity index is 820. The van der Waals surface area contributed by atoms with E-state index in [2.05, 4.69) is 22.5 Å². The fourth-order valence-electron chi connectivity index (χ4n) is 2.62. The van der Waals surface area contributed by atoms with Gasteiger partial charge >= 0.3 is 0 Å². The maximum atomic E-state index is 12.4. The highest BCUT2D eigenvalue weighted by molar-refractivity contribution is 5.99. The van der Waals surface area contributed by atoms with E-state index in [9.17, 15) is 4.79 Å². The number of amides is 1. The Morgan fingerprint density at radius 1 is 1.08 bits per heavy atom. The van der Waals surface area contributed by atoms with Gasteiger partial charge in [-0.15, -0.1) is 0 Å². The number of carbonyl (C=O) groups is 1. The summed E-state index contributed by atoms with van der Waals surface area (Å²) in [4.78, 5) is 12.4. The van der Waals surface area contributed by atoms with E-state index in [4.69, 9.17) is 0 Å². The zero-order chi connectivity index (χ0) is 16.9. The van der Waals surface area contributed by atoms with E-state index in [-0.39, 0.29) is 5.91 Å². The Labute approximate surface area is 142 Å². The van der Waals surface area contributed by atoms with Crippen molar-refractivity contribution in [2.24, 2.45) is 0 Å². The van der Waals surface area contributed by atoms with Gasteiger partial charge in [-0.1, -0.05) is 60.2 Å². The molecule has 0 saturated carbocycles. The van der Waals surface area contributed by atoms with E-state index in [0.717, 1.165) is 16.8 Å². The van der Waals surface area contributed by atoms with E-state index < -0.39 is 0 Å². The fraction of sp³-hybridized carbons (Fsp3) is 0.200. The molecule has 4 heteroatoms. The second kappa shape index (κ2) is 7.13. The van der Waals surface area contributed by atoms with E-state index in [1.54, 1.807) is 0 Å². The van der Waals surface area contributed by atoms with Crippen LogP contribution in [0.3, 0.4) is 0 Å². The Kier molecular flexibility index (Phi) is 4.75. The first-order chi connectivity index (χ1) is 11.7. The molecule has 0 aliphatic heterocycles. The lowest BCUT2D eigenvalue weighted by atomic mass is 10.1. The van der Waals surface area contributed by atoms with E-state index in [1.165, 1.54) is 5.56 Å². The van der Waals surface area contributed by atoms with E-state index in [0.29, 0.717) is 18.7 Å². The van der Waals surface area contributed by atoms with Gasteiger partial charge < -0.3 is 5.32 Å². The highest BCUT2D eigenvalue weighted by Crippen LogP contribution is 2.23. The van der Waals surface area contributed by atoms with Gasteiger partial charge in [-0.25, -0.2) is 0 Å². The third-order valence-electron chi connectivity index (χ3n) is 3.86. The lowest BCUT2D eigenvalue weighted by molar-refractivity contribution is 0.0956. The molecule has 1 amide bonds. The molecule has 4 nitrogen and oxygen atoms in total. The Morgan fingerprint density at radius 3 is 2.46 bits per heavy atom. The minimum absolute atomic E-state index is 0.0904. The highest BCUT2D eigenvalue weighted by atomic mass is 16.1. The van der Waals surface area contributed by atoms with Crippen LogP contribution in [0.2, 0.25) is 0 Å². The molecular weight excluding hydrogens is 298 g/mol. The van der Waals surface area contributed by atoms with Crippen molar-refractivity contribution in [3.05, 3.63) is 77.5 Å². The molecule has 3 rings (SSSR count). The molecule has 0 bridgehead atoms. The molecule has 122 valence electrons. The molecule has 0 aliphatic rings. The number of benzene rings is 2. The van der Waals surface area contributed by atoms with Gasteiger partial charge in [0.25, 0.3) is 5.91 Å². The zero-order valence-corrected chi connectivity index (χ0v) is 14.0. The van der Waals surface area contributed by atoms with Crippen molar-refractivity contribution >= 4 is 5.91 Å².